The fourth-order valence-corrected chi connectivity index (χ4v) is 2.68. The lowest BCUT2D eigenvalue weighted by atomic mass is 9.87. The van der Waals surface area contributed by atoms with Crippen LogP contribution in [0.5, 0.6) is 0 Å². The third-order valence-corrected chi connectivity index (χ3v) is 4.31. The molecule has 0 bridgehead atoms. The van der Waals surface area contributed by atoms with Gasteiger partial charge >= 0.3 is 0 Å². The Morgan fingerprint density at radius 3 is 2.21 bits per heavy atom. The topological polar surface area (TPSA) is 53.2 Å². The SMILES string of the molecule is CC(C)(C)c1ccc(NC(=S)NNC(=O)c2ccccc2Br)cc1. The number of nitrogens with one attached hydrogen (secondary N) is 3. The van der Waals surface area contributed by atoms with E-state index in [1.165, 1.54) is 5.56 Å². The van der Waals surface area contributed by atoms with Crippen LogP contribution in [-0.2, 0) is 5.41 Å². The normalized spacial score (nSPS) is 10.8. The first-order valence-corrected chi connectivity index (χ1v) is 8.70. The smallest absolute Gasteiger partial charge is 0.270 e. The van der Waals surface area contributed by atoms with Crippen molar-refractivity contribution in [2.24, 2.45) is 0 Å². The zero-order valence-corrected chi connectivity index (χ0v) is 16.2. The Kier molecular flexibility index (Phi) is 5.96. The van der Waals surface area contributed by atoms with Gasteiger partial charge in [-0.1, -0.05) is 45.0 Å². The van der Waals surface area contributed by atoms with Crippen molar-refractivity contribution in [3.05, 3.63) is 64.1 Å². The summed E-state index contributed by atoms with van der Waals surface area (Å²) in [6.07, 6.45) is 0. The monoisotopic (exact) mass is 405 g/mol. The van der Waals surface area contributed by atoms with Crippen LogP contribution in [-0.4, -0.2) is 11.0 Å². The van der Waals surface area contributed by atoms with E-state index < -0.39 is 0 Å². The van der Waals surface area contributed by atoms with Crippen molar-refractivity contribution in [1.82, 2.24) is 10.9 Å². The van der Waals surface area contributed by atoms with Gasteiger partial charge in [0.15, 0.2) is 5.11 Å². The van der Waals surface area contributed by atoms with Crippen LogP contribution in [0.2, 0.25) is 0 Å². The molecule has 0 atom stereocenters. The van der Waals surface area contributed by atoms with E-state index in [4.69, 9.17) is 12.2 Å². The molecule has 6 heteroatoms. The molecule has 0 aromatic heterocycles. The molecule has 2 aromatic carbocycles. The number of benzene rings is 2. The number of hydrogen-bond donors (Lipinski definition) is 3. The van der Waals surface area contributed by atoms with E-state index in [2.05, 4.69) is 65.0 Å². The van der Waals surface area contributed by atoms with E-state index in [0.29, 0.717) is 10.7 Å². The van der Waals surface area contributed by atoms with E-state index in [0.717, 1.165) is 10.2 Å². The van der Waals surface area contributed by atoms with E-state index in [1.807, 2.05) is 24.3 Å². The molecule has 0 aliphatic rings. The molecule has 0 fully saturated rings. The van der Waals surface area contributed by atoms with Gasteiger partial charge < -0.3 is 5.32 Å². The minimum absolute atomic E-state index is 0.105. The first-order valence-electron chi connectivity index (χ1n) is 7.50. The number of thiocarbonyl (C=S) groups is 1. The Hall–Kier alpha value is -1.92. The Morgan fingerprint density at radius 1 is 1.00 bits per heavy atom. The van der Waals surface area contributed by atoms with Crippen molar-refractivity contribution >= 4 is 44.9 Å². The summed E-state index contributed by atoms with van der Waals surface area (Å²) in [5.41, 5.74) is 8.01. The summed E-state index contributed by atoms with van der Waals surface area (Å²) in [6.45, 7) is 6.50. The van der Waals surface area contributed by atoms with Crippen LogP contribution in [0.15, 0.2) is 53.0 Å². The summed E-state index contributed by atoms with van der Waals surface area (Å²) in [4.78, 5) is 12.1. The summed E-state index contributed by atoms with van der Waals surface area (Å²) < 4.78 is 0.723. The zero-order valence-electron chi connectivity index (χ0n) is 13.8. The fraction of sp³-hybridized carbons (Fsp3) is 0.222. The van der Waals surface area contributed by atoms with E-state index >= 15 is 0 Å². The van der Waals surface area contributed by atoms with E-state index in [-0.39, 0.29) is 11.3 Å². The number of anilines is 1. The standard InChI is InChI=1S/C18H20BrN3OS/c1-18(2,3)12-8-10-13(11-9-12)20-17(24)22-21-16(23)14-6-4-5-7-15(14)19/h4-11H,1-3H3,(H,21,23)(H2,20,22,24). The lowest BCUT2D eigenvalue weighted by molar-refractivity contribution is 0.0943. The Morgan fingerprint density at radius 2 is 1.62 bits per heavy atom. The summed E-state index contributed by atoms with van der Waals surface area (Å²) in [5.74, 6) is -0.269. The second kappa shape index (κ2) is 7.77. The third-order valence-electron chi connectivity index (χ3n) is 3.42. The van der Waals surface area contributed by atoms with Gasteiger partial charge in [-0.25, -0.2) is 0 Å². The number of rotatable bonds is 2. The molecule has 0 heterocycles. The largest absolute Gasteiger partial charge is 0.331 e. The van der Waals surface area contributed by atoms with Crippen LogP contribution in [0.3, 0.4) is 0 Å². The van der Waals surface area contributed by atoms with Gasteiger partial charge in [-0.05, 0) is 63.4 Å². The number of carbonyl (C=O) groups is 1. The number of hydrazine groups is 1. The molecule has 126 valence electrons. The molecule has 3 N–H and O–H groups in total. The summed E-state index contributed by atoms with van der Waals surface area (Å²) in [6, 6.07) is 15.2. The highest BCUT2D eigenvalue weighted by Crippen LogP contribution is 2.23. The minimum atomic E-state index is -0.269. The quantitative estimate of drug-likeness (QED) is 0.512. The lowest BCUT2D eigenvalue weighted by Gasteiger charge is -2.19. The van der Waals surface area contributed by atoms with Crippen LogP contribution in [0, 0.1) is 0 Å². The molecule has 4 nitrogen and oxygen atoms in total. The van der Waals surface area contributed by atoms with Gasteiger partial charge in [0, 0.05) is 10.2 Å². The maximum absolute atomic E-state index is 12.1. The molecular weight excluding hydrogens is 386 g/mol. The molecule has 0 saturated carbocycles. The van der Waals surface area contributed by atoms with Crippen LogP contribution < -0.4 is 16.2 Å². The van der Waals surface area contributed by atoms with Gasteiger partial charge in [0.25, 0.3) is 5.91 Å². The van der Waals surface area contributed by atoms with Gasteiger partial charge in [-0.2, -0.15) is 0 Å². The molecule has 2 aromatic rings. The van der Waals surface area contributed by atoms with Crippen molar-refractivity contribution in [2.75, 3.05) is 5.32 Å². The van der Waals surface area contributed by atoms with Crippen LogP contribution in [0.1, 0.15) is 36.7 Å². The Bertz CT molecular complexity index is 739. The molecule has 0 aliphatic heterocycles. The Labute approximate surface area is 156 Å². The number of amides is 1. The first kappa shape index (κ1) is 18.4. The van der Waals surface area contributed by atoms with Crippen molar-refractivity contribution in [3.63, 3.8) is 0 Å². The summed E-state index contributed by atoms with van der Waals surface area (Å²) >= 11 is 8.54. The van der Waals surface area contributed by atoms with Gasteiger partial charge in [-0.3, -0.25) is 15.6 Å². The highest BCUT2D eigenvalue weighted by molar-refractivity contribution is 9.10. The molecule has 0 unspecified atom stereocenters. The fourth-order valence-electron chi connectivity index (χ4n) is 2.04. The average molecular weight is 406 g/mol. The predicted molar refractivity (Wildman–Crippen MR) is 106 cm³/mol. The highest BCUT2D eigenvalue weighted by Gasteiger charge is 2.13. The molecule has 1 amide bonds. The molecule has 2 rings (SSSR count). The second-order valence-corrected chi connectivity index (χ2v) is 7.60. The molecule has 0 spiro atoms. The van der Waals surface area contributed by atoms with Crippen molar-refractivity contribution in [1.29, 1.82) is 0 Å². The van der Waals surface area contributed by atoms with Crippen molar-refractivity contribution < 1.29 is 4.79 Å². The molecule has 0 saturated heterocycles. The zero-order chi connectivity index (χ0) is 17.7. The van der Waals surface area contributed by atoms with E-state index in [1.54, 1.807) is 12.1 Å². The Balaban J connectivity index is 1.90. The van der Waals surface area contributed by atoms with Gasteiger partial charge in [-0.15, -0.1) is 0 Å². The van der Waals surface area contributed by atoms with E-state index in [9.17, 15) is 4.79 Å². The molecule has 24 heavy (non-hydrogen) atoms. The number of halogens is 1. The molecule has 0 radical (unpaired) electrons. The molecular formula is C18H20BrN3OS. The van der Waals surface area contributed by atoms with Crippen LogP contribution in [0.4, 0.5) is 5.69 Å². The van der Waals surface area contributed by atoms with Gasteiger partial charge in [0.1, 0.15) is 0 Å². The van der Waals surface area contributed by atoms with Crippen LogP contribution >= 0.6 is 28.1 Å². The van der Waals surface area contributed by atoms with Gasteiger partial charge in [0.2, 0.25) is 0 Å². The first-order chi connectivity index (χ1) is 11.3. The predicted octanol–water partition coefficient (Wildman–Crippen LogP) is 4.38. The van der Waals surface area contributed by atoms with Gasteiger partial charge in [0.05, 0.1) is 5.56 Å². The minimum Gasteiger partial charge on any atom is -0.331 e. The summed E-state index contributed by atoms with van der Waals surface area (Å²) in [5, 5.41) is 3.35. The molecule has 0 aliphatic carbocycles. The highest BCUT2D eigenvalue weighted by atomic mass is 79.9. The number of hydrogen-bond acceptors (Lipinski definition) is 2. The average Bonchev–Trinajstić information content (AvgIpc) is 2.53. The maximum atomic E-state index is 12.1. The van der Waals surface area contributed by atoms with Crippen molar-refractivity contribution in [2.45, 2.75) is 26.2 Å². The van der Waals surface area contributed by atoms with Crippen molar-refractivity contribution in [3.8, 4) is 0 Å². The second-order valence-electron chi connectivity index (χ2n) is 6.34. The third kappa shape index (κ3) is 5.04. The number of carbonyl (C=O) groups excluding carboxylic acids is 1. The summed E-state index contributed by atoms with van der Waals surface area (Å²) in [7, 11) is 0. The van der Waals surface area contributed by atoms with Crippen LogP contribution in [0.25, 0.3) is 0 Å². The maximum Gasteiger partial charge on any atom is 0.270 e. The lowest BCUT2D eigenvalue weighted by Crippen LogP contribution is -2.43.